The average Bonchev–Trinajstić information content (AvgIpc) is 3.17. The smallest absolute Gasteiger partial charge is 0.306 e. The van der Waals surface area contributed by atoms with Crippen molar-refractivity contribution >= 4 is 17.9 Å². The zero-order chi connectivity index (χ0) is 42.1. The summed E-state index contributed by atoms with van der Waals surface area (Å²) in [5, 5.41) is 11.6. The van der Waals surface area contributed by atoms with Gasteiger partial charge in [0.1, 0.15) is 12.6 Å². The lowest BCUT2D eigenvalue weighted by Crippen LogP contribution is -2.55. The molecule has 0 saturated heterocycles. The molecule has 0 aromatic heterocycles. The van der Waals surface area contributed by atoms with Crippen molar-refractivity contribution in [2.45, 2.75) is 180 Å². The lowest BCUT2D eigenvalue weighted by atomic mass is 10.1. The number of rotatable bonds is 39. The van der Waals surface area contributed by atoms with Gasteiger partial charge < -0.3 is 28.6 Å². The highest BCUT2D eigenvalue weighted by molar-refractivity contribution is 5.70. The molecule has 8 heteroatoms. The van der Waals surface area contributed by atoms with Crippen LogP contribution in [-0.2, 0) is 28.6 Å². The van der Waals surface area contributed by atoms with E-state index in [9.17, 15) is 19.5 Å². The number of unbranched alkanes of at least 4 members (excludes halogenated alkanes) is 17. The quantitative estimate of drug-likeness (QED) is 0.0201. The zero-order valence-electron chi connectivity index (χ0n) is 37.0. The SMILES string of the molecule is CC/C=C/C=C/C=C/C=C/C=C/CCCC(=O)OCC(COCCC(C(=O)[O-])[N+](C)(C)C)OC(=O)CCCCCCCCC/C=C/CCCCCCCCCCC. The largest absolute Gasteiger partial charge is 0.544 e. The molecule has 0 amide bonds. The Hall–Kier alpha value is -3.23. The minimum Gasteiger partial charge on any atom is -0.544 e. The Morgan fingerprint density at radius 2 is 1.02 bits per heavy atom. The summed E-state index contributed by atoms with van der Waals surface area (Å²) in [6.45, 7) is 4.43. The van der Waals surface area contributed by atoms with Crippen LogP contribution in [0.1, 0.15) is 168 Å². The van der Waals surface area contributed by atoms with Crippen molar-refractivity contribution in [2.75, 3.05) is 41.0 Å². The van der Waals surface area contributed by atoms with E-state index >= 15 is 0 Å². The van der Waals surface area contributed by atoms with E-state index < -0.39 is 18.1 Å². The minimum absolute atomic E-state index is 0.0130. The Kier molecular flexibility index (Phi) is 37.3. The van der Waals surface area contributed by atoms with Gasteiger partial charge in [-0.3, -0.25) is 9.59 Å². The number of esters is 2. The van der Waals surface area contributed by atoms with Gasteiger partial charge in [-0.25, -0.2) is 0 Å². The Balaban J connectivity index is 4.39. The maximum absolute atomic E-state index is 12.7. The molecule has 8 nitrogen and oxygen atoms in total. The monoisotopic (exact) mass is 798 g/mol. The Labute approximate surface area is 349 Å². The molecule has 0 rings (SSSR count). The van der Waals surface area contributed by atoms with Gasteiger partial charge in [-0.15, -0.1) is 0 Å². The predicted molar refractivity (Wildman–Crippen MR) is 235 cm³/mol. The molecule has 2 atom stereocenters. The molecule has 0 saturated carbocycles. The van der Waals surface area contributed by atoms with Crippen LogP contribution in [0.3, 0.4) is 0 Å². The molecule has 0 aliphatic rings. The van der Waals surface area contributed by atoms with E-state index in [0.717, 1.165) is 32.1 Å². The first-order chi connectivity index (χ1) is 27.6. The molecule has 0 heterocycles. The molecule has 0 radical (unpaired) electrons. The number of carbonyl (C=O) groups excluding carboxylic acids is 3. The third kappa shape index (κ3) is 38.1. The van der Waals surface area contributed by atoms with Gasteiger partial charge in [0.25, 0.3) is 0 Å². The highest BCUT2D eigenvalue weighted by Gasteiger charge is 2.25. The van der Waals surface area contributed by atoms with Gasteiger partial charge in [-0.05, 0) is 51.4 Å². The number of quaternary nitrogens is 1. The number of likely N-dealkylation sites (N-methyl/N-ethyl adjacent to an activating group) is 1. The van der Waals surface area contributed by atoms with E-state index in [2.05, 4.69) is 32.1 Å². The van der Waals surface area contributed by atoms with E-state index in [1.54, 1.807) is 21.1 Å². The van der Waals surface area contributed by atoms with E-state index in [-0.39, 0.29) is 49.1 Å². The van der Waals surface area contributed by atoms with Gasteiger partial charge in [0.2, 0.25) is 0 Å². The lowest BCUT2D eigenvalue weighted by Gasteiger charge is -2.34. The zero-order valence-corrected chi connectivity index (χ0v) is 37.0. The van der Waals surface area contributed by atoms with Crippen LogP contribution < -0.4 is 5.11 Å². The van der Waals surface area contributed by atoms with Crippen molar-refractivity contribution < 1.29 is 38.2 Å². The van der Waals surface area contributed by atoms with Crippen LogP contribution >= 0.6 is 0 Å². The third-order valence-corrected chi connectivity index (χ3v) is 9.70. The normalized spacial score (nSPS) is 13.6. The van der Waals surface area contributed by atoms with Gasteiger partial charge in [0.15, 0.2) is 6.10 Å². The molecular formula is C49H83NO7. The fourth-order valence-electron chi connectivity index (χ4n) is 6.21. The highest BCUT2D eigenvalue weighted by atomic mass is 16.6. The van der Waals surface area contributed by atoms with Crippen LogP contribution in [-0.4, -0.2) is 75.5 Å². The summed E-state index contributed by atoms with van der Waals surface area (Å²) in [7, 11) is 5.38. The molecule has 0 aromatic rings. The maximum Gasteiger partial charge on any atom is 0.306 e. The number of carboxylic acids is 1. The van der Waals surface area contributed by atoms with Crippen LogP contribution in [0.2, 0.25) is 0 Å². The van der Waals surface area contributed by atoms with Gasteiger partial charge in [-0.2, -0.15) is 0 Å². The van der Waals surface area contributed by atoms with Crippen molar-refractivity contribution in [1.82, 2.24) is 0 Å². The lowest BCUT2D eigenvalue weighted by molar-refractivity contribution is -0.889. The Bertz CT molecular complexity index is 1160. The van der Waals surface area contributed by atoms with Crippen molar-refractivity contribution in [3.8, 4) is 0 Å². The van der Waals surface area contributed by atoms with E-state index in [0.29, 0.717) is 12.8 Å². The van der Waals surface area contributed by atoms with E-state index in [1.165, 1.54) is 96.3 Å². The minimum atomic E-state index is -1.14. The molecule has 326 valence electrons. The number of carboxylic acid groups (broad SMARTS) is 1. The second kappa shape index (κ2) is 39.6. The van der Waals surface area contributed by atoms with Gasteiger partial charge >= 0.3 is 11.9 Å². The van der Waals surface area contributed by atoms with Gasteiger partial charge in [0.05, 0.1) is 40.3 Å². The molecule has 0 aliphatic carbocycles. The van der Waals surface area contributed by atoms with Crippen LogP contribution in [0, 0.1) is 0 Å². The van der Waals surface area contributed by atoms with Crippen molar-refractivity contribution in [3.63, 3.8) is 0 Å². The van der Waals surface area contributed by atoms with Crippen molar-refractivity contribution in [2.24, 2.45) is 0 Å². The van der Waals surface area contributed by atoms with Gasteiger partial charge in [0, 0.05) is 19.3 Å². The second-order valence-electron chi connectivity index (χ2n) is 16.0. The average molecular weight is 798 g/mol. The summed E-state index contributed by atoms with van der Waals surface area (Å²) in [6.07, 6.45) is 49.4. The first-order valence-corrected chi connectivity index (χ1v) is 22.5. The number of ether oxygens (including phenoxy) is 3. The number of hydrogen-bond donors (Lipinski definition) is 0. The summed E-state index contributed by atoms with van der Waals surface area (Å²) in [4.78, 5) is 36.8. The number of nitrogens with zero attached hydrogens (tertiary/aromatic N) is 1. The molecule has 0 spiro atoms. The van der Waals surface area contributed by atoms with Crippen LogP contribution in [0.25, 0.3) is 0 Å². The molecule has 2 unspecified atom stereocenters. The molecule has 0 N–H and O–H groups in total. The van der Waals surface area contributed by atoms with Crippen molar-refractivity contribution in [1.29, 1.82) is 0 Å². The number of carbonyl (C=O) groups is 3. The fraction of sp³-hybridized carbons (Fsp3) is 0.694. The first-order valence-electron chi connectivity index (χ1n) is 22.5. The molecule has 57 heavy (non-hydrogen) atoms. The van der Waals surface area contributed by atoms with Crippen LogP contribution in [0.5, 0.6) is 0 Å². The topological polar surface area (TPSA) is 102 Å². The van der Waals surface area contributed by atoms with Crippen LogP contribution in [0.15, 0.2) is 72.9 Å². The second-order valence-corrected chi connectivity index (χ2v) is 16.0. The summed E-state index contributed by atoms with van der Waals surface area (Å²) in [6, 6.07) is -0.740. The number of hydrogen-bond acceptors (Lipinski definition) is 7. The molecule has 0 aromatic carbocycles. The third-order valence-electron chi connectivity index (χ3n) is 9.70. The predicted octanol–water partition coefficient (Wildman–Crippen LogP) is 11.0. The van der Waals surface area contributed by atoms with Gasteiger partial charge in [-0.1, -0.05) is 170 Å². The molecular weight excluding hydrogens is 715 g/mol. The number of allylic oxidation sites excluding steroid dienone is 12. The Morgan fingerprint density at radius 3 is 1.54 bits per heavy atom. The summed E-state index contributed by atoms with van der Waals surface area (Å²) in [5.41, 5.74) is 0. The Morgan fingerprint density at radius 1 is 0.544 bits per heavy atom. The van der Waals surface area contributed by atoms with Crippen molar-refractivity contribution in [3.05, 3.63) is 72.9 Å². The first kappa shape index (κ1) is 53.8. The van der Waals surface area contributed by atoms with E-state index in [4.69, 9.17) is 14.2 Å². The molecule has 0 fully saturated rings. The molecule has 0 aliphatic heterocycles. The summed E-state index contributed by atoms with van der Waals surface area (Å²) >= 11 is 0. The molecule has 0 bridgehead atoms. The van der Waals surface area contributed by atoms with Crippen LogP contribution in [0.4, 0.5) is 0 Å². The maximum atomic E-state index is 12.7. The fourth-order valence-corrected chi connectivity index (χ4v) is 6.21. The highest BCUT2D eigenvalue weighted by Crippen LogP contribution is 2.14. The summed E-state index contributed by atoms with van der Waals surface area (Å²) in [5.74, 6) is -1.84. The number of aliphatic carboxylic acids is 1. The van der Waals surface area contributed by atoms with E-state index in [1.807, 2.05) is 54.7 Å². The summed E-state index contributed by atoms with van der Waals surface area (Å²) < 4.78 is 17.1. The standard InChI is InChI=1S/C49H83NO7/c1-6-8-10-12-14-16-18-20-21-22-23-24-25-26-28-30-32-34-36-38-40-48(52)57-45(43-55-42-41-46(49(53)54)50(3,4)5)44-56-47(51)39-37-35-33-31-29-27-19-17-15-13-11-9-7-2/h9,11,13,15,17,19,23-24,27,29,31,33,45-46H,6-8,10,12,14,16,18,20-22,25-26,28,30,32,34-44H2,1-5H3/b11-9+,15-13+,19-17+,24-23+,29-27+,33-31+.